The number of methoxy groups -OCH3 is 2. The molecule has 1 aromatic carbocycles. The Balaban J connectivity index is 2.60. The molecule has 0 amide bonds. The molecular weight excluding hydrogens is 252 g/mol. The quantitative estimate of drug-likeness (QED) is 0.909. The van der Waals surface area contributed by atoms with Crippen LogP contribution in [0.1, 0.15) is 22.9 Å². The summed E-state index contributed by atoms with van der Waals surface area (Å²) in [6, 6.07) is 9.68. The second kappa shape index (κ2) is 6.39. The van der Waals surface area contributed by atoms with Crippen LogP contribution in [0.4, 0.5) is 0 Å². The zero-order valence-electron chi connectivity index (χ0n) is 12.3. The van der Waals surface area contributed by atoms with E-state index in [0.717, 1.165) is 28.3 Å². The fraction of sp³-hybridized carbons (Fsp3) is 0.312. The normalized spacial score (nSPS) is 12.0. The zero-order chi connectivity index (χ0) is 14.5. The minimum Gasteiger partial charge on any atom is -0.496 e. The van der Waals surface area contributed by atoms with Gasteiger partial charge in [-0.3, -0.25) is 4.98 Å². The van der Waals surface area contributed by atoms with Gasteiger partial charge in [-0.1, -0.05) is 12.1 Å². The largest absolute Gasteiger partial charge is 0.496 e. The fourth-order valence-corrected chi connectivity index (χ4v) is 2.38. The van der Waals surface area contributed by atoms with Crippen LogP contribution >= 0.6 is 0 Å². The molecule has 0 fully saturated rings. The van der Waals surface area contributed by atoms with Crippen LogP contribution in [0.3, 0.4) is 0 Å². The van der Waals surface area contributed by atoms with Gasteiger partial charge < -0.3 is 14.8 Å². The molecule has 106 valence electrons. The van der Waals surface area contributed by atoms with Gasteiger partial charge in [0.05, 0.1) is 31.5 Å². The van der Waals surface area contributed by atoms with E-state index in [2.05, 4.69) is 23.3 Å². The van der Waals surface area contributed by atoms with Crippen LogP contribution in [-0.2, 0) is 0 Å². The molecule has 2 rings (SSSR count). The molecule has 1 N–H and O–H groups in total. The molecule has 1 heterocycles. The summed E-state index contributed by atoms with van der Waals surface area (Å²) in [7, 11) is 5.23. The van der Waals surface area contributed by atoms with Gasteiger partial charge in [0.1, 0.15) is 11.5 Å². The number of hydrogen-bond donors (Lipinski definition) is 1. The third-order valence-corrected chi connectivity index (χ3v) is 3.37. The van der Waals surface area contributed by atoms with Crippen LogP contribution in [0.5, 0.6) is 11.5 Å². The maximum atomic E-state index is 5.48. The van der Waals surface area contributed by atoms with E-state index in [1.54, 1.807) is 20.4 Å². The van der Waals surface area contributed by atoms with Crippen molar-refractivity contribution in [1.82, 2.24) is 10.3 Å². The summed E-state index contributed by atoms with van der Waals surface area (Å²) in [5.74, 6) is 1.57. The number of nitrogens with zero attached hydrogens (tertiary/aromatic N) is 1. The molecular formula is C16H20N2O2. The van der Waals surface area contributed by atoms with E-state index in [4.69, 9.17) is 9.47 Å². The van der Waals surface area contributed by atoms with Crippen molar-refractivity contribution in [3.05, 3.63) is 53.3 Å². The molecule has 1 atom stereocenters. The maximum absolute atomic E-state index is 5.48. The molecule has 0 aliphatic carbocycles. The molecule has 1 aromatic heterocycles. The van der Waals surface area contributed by atoms with Gasteiger partial charge in [-0.2, -0.15) is 0 Å². The molecule has 4 nitrogen and oxygen atoms in total. The minimum atomic E-state index is -0.0812. The van der Waals surface area contributed by atoms with Gasteiger partial charge in [0.25, 0.3) is 0 Å². The summed E-state index contributed by atoms with van der Waals surface area (Å²) < 4.78 is 11.0. The Morgan fingerprint density at radius 1 is 1.05 bits per heavy atom. The average Bonchev–Trinajstić information content (AvgIpc) is 2.49. The van der Waals surface area contributed by atoms with Crippen LogP contribution in [-0.4, -0.2) is 26.3 Å². The van der Waals surface area contributed by atoms with E-state index in [1.165, 1.54) is 0 Å². The van der Waals surface area contributed by atoms with Crippen molar-refractivity contribution < 1.29 is 9.47 Å². The molecule has 1 unspecified atom stereocenters. The minimum absolute atomic E-state index is 0.0812. The Morgan fingerprint density at radius 2 is 1.70 bits per heavy atom. The van der Waals surface area contributed by atoms with E-state index in [-0.39, 0.29) is 6.04 Å². The Bertz CT molecular complexity index is 562. The molecule has 0 saturated heterocycles. The van der Waals surface area contributed by atoms with Crippen LogP contribution in [0.25, 0.3) is 0 Å². The highest BCUT2D eigenvalue weighted by Gasteiger charge is 2.23. The number of pyridine rings is 1. The standard InChI is InChI=1S/C16H20N2O2/c1-11-7-6-10-18-15(11)16(17-2)14-12(19-3)8-5-9-13(14)20-4/h5-10,16-17H,1-4H3. The third-order valence-electron chi connectivity index (χ3n) is 3.37. The van der Waals surface area contributed by atoms with Crippen LogP contribution in [0.2, 0.25) is 0 Å². The highest BCUT2D eigenvalue weighted by atomic mass is 16.5. The lowest BCUT2D eigenvalue weighted by molar-refractivity contribution is 0.378. The van der Waals surface area contributed by atoms with Gasteiger partial charge in [0, 0.05) is 6.20 Å². The van der Waals surface area contributed by atoms with Crippen LogP contribution in [0.15, 0.2) is 36.5 Å². The van der Waals surface area contributed by atoms with Crippen molar-refractivity contribution >= 4 is 0 Å². The first-order valence-corrected chi connectivity index (χ1v) is 6.52. The fourth-order valence-electron chi connectivity index (χ4n) is 2.38. The van der Waals surface area contributed by atoms with Gasteiger partial charge in [0.2, 0.25) is 0 Å². The highest BCUT2D eigenvalue weighted by Crippen LogP contribution is 2.37. The van der Waals surface area contributed by atoms with Gasteiger partial charge >= 0.3 is 0 Å². The SMILES string of the molecule is CNC(c1ncccc1C)c1c(OC)cccc1OC. The van der Waals surface area contributed by atoms with E-state index >= 15 is 0 Å². The monoisotopic (exact) mass is 272 g/mol. The first kappa shape index (κ1) is 14.3. The summed E-state index contributed by atoms with van der Waals surface area (Å²) in [5, 5.41) is 3.30. The van der Waals surface area contributed by atoms with E-state index in [0.29, 0.717) is 0 Å². The lowest BCUT2D eigenvalue weighted by atomic mass is 9.98. The summed E-state index contributed by atoms with van der Waals surface area (Å²) in [6.07, 6.45) is 1.80. The van der Waals surface area contributed by atoms with Crippen molar-refractivity contribution in [2.75, 3.05) is 21.3 Å². The third kappa shape index (κ3) is 2.60. The predicted molar refractivity (Wildman–Crippen MR) is 79.4 cm³/mol. The highest BCUT2D eigenvalue weighted by molar-refractivity contribution is 5.50. The summed E-state index contributed by atoms with van der Waals surface area (Å²) in [4.78, 5) is 4.50. The smallest absolute Gasteiger partial charge is 0.127 e. The van der Waals surface area contributed by atoms with E-state index in [1.807, 2.05) is 31.3 Å². The van der Waals surface area contributed by atoms with Gasteiger partial charge in [-0.05, 0) is 37.7 Å². The lowest BCUT2D eigenvalue weighted by Crippen LogP contribution is -2.21. The molecule has 0 aliphatic rings. The summed E-state index contributed by atoms with van der Waals surface area (Å²) in [6.45, 7) is 2.05. The van der Waals surface area contributed by atoms with Crippen molar-refractivity contribution in [2.24, 2.45) is 0 Å². The Morgan fingerprint density at radius 3 is 2.20 bits per heavy atom. The Hall–Kier alpha value is -2.07. The Kier molecular flexibility index (Phi) is 4.58. The Labute approximate surface area is 119 Å². The summed E-state index contributed by atoms with van der Waals surface area (Å²) >= 11 is 0. The number of benzene rings is 1. The molecule has 0 spiro atoms. The lowest BCUT2D eigenvalue weighted by Gasteiger charge is -2.22. The molecule has 0 radical (unpaired) electrons. The second-order valence-electron chi connectivity index (χ2n) is 4.50. The van der Waals surface area contributed by atoms with Crippen LogP contribution < -0.4 is 14.8 Å². The first-order valence-electron chi connectivity index (χ1n) is 6.52. The van der Waals surface area contributed by atoms with Crippen molar-refractivity contribution in [1.29, 1.82) is 0 Å². The molecule has 0 bridgehead atoms. The van der Waals surface area contributed by atoms with E-state index < -0.39 is 0 Å². The summed E-state index contributed by atoms with van der Waals surface area (Å²) in [5.41, 5.74) is 3.06. The van der Waals surface area contributed by atoms with E-state index in [9.17, 15) is 0 Å². The number of aryl methyl sites for hydroxylation is 1. The first-order chi connectivity index (χ1) is 9.72. The molecule has 0 aliphatic heterocycles. The van der Waals surface area contributed by atoms with Crippen molar-refractivity contribution in [3.8, 4) is 11.5 Å². The van der Waals surface area contributed by atoms with Crippen molar-refractivity contribution in [3.63, 3.8) is 0 Å². The topological polar surface area (TPSA) is 43.4 Å². The average molecular weight is 272 g/mol. The zero-order valence-corrected chi connectivity index (χ0v) is 12.3. The number of ether oxygens (including phenoxy) is 2. The number of nitrogens with one attached hydrogen (secondary N) is 1. The van der Waals surface area contributed by atoms with Gasteiger partial charge in [-0.15, -0.1) is 0 Å². The number of hydrogen-bond acceptors (Lipinski definition) is 4. The van der Waals surface area contributed by atoms with Gasteiger partial charge in [-0.25, -0.2) is 0 Å². The number of rotatable bonds is 5. The maximum Gasteiger partial charge on any atom is 0.127 e. The second-order valence-corrected chi connectivity index (χ2v) is 4.50. The molecule has 4 heteroatoms. The van der Waals surface area contributed by atoms with Crippen LogP contribution in [0, 0.1) is 6.92 Å². The van der Waals surface area contributed by atoms with Crippen molar-refractivity contribution in [2.45, 2.75) is 13.0 Å². The molecule has 2 aromatic rings. The number of aromatic nitrogens is 1. The predicted octanol–water partition coefficient (Wildman–Crippen LogP) is 2.72. The van der Waals surface area contributed by atoms with Gasteiger partial charge in [0.15, 0.2) is 0 Å². The molecule has 20 heavy (non-hydrogen) atoms. The molecule has 0 saturated carbocycles.